The van der Waals surface area contributed by atoms with Crippen molar-refractivity contribution in [1.29, 1.82) is 0 Å². The smallest absolute Gasteiger partial charge is 0.329 e. The van der Waals surface area contributed by atoms with Gasteiger partial charge >= 0.3 is 11.9 Å². The van der Waals surface area contributed by atoms with Crippen LogP contribution in [0.1, 0.15) is 132 Å². The second kappa shape index (κ2) is 28.3. The molecule has 4 rings (SSSR count). The van der Waals surface area contributed by atoms with Crippen LogP contribution in [0.2, 0.25) is 0 Å². The van der Waals surface area contributed by atoms with E-state index in [-0.39, 0.29) is 48.4 Å². The molecule has 4 N–H and O–H groups in total. The number of ketones is 3. The molecule has 0 aromatic rings. The molecule has 2 saturated heterocycles. The number of allylic oxidation sites excluding steroid dienone is 6. The molecule has 17 nitrogen and oxygen atoms in total. The van der Waals surface area contributed by atoms with Gasteiger partial charge in [-0.25, -0.2) is 4.79 Å². The summed E-state index contributed by atoms with van der Waals surface area (Å²) in [6.45, 7) is 12.7. The first kappa shape index (κ1) is 61.6. The van der Waals surface area contributed by atoms with Gasteiger partial charge in [-0.05, 0) is 114 Å². The predicted octanol–water partition coefficient (Wildman–Crippen LogP) is 5.72. The standard InChI is InChI=1S/C56H87NO16/c1-33-17-13-12-14-18-34(2)45(68-9)29-41-22-20-39(7)56(67,73-41)51(63)52(64)57-24-16-15-19-42(57)53(65)71-46(30-43(60)35(3)26-38(6)49(62)50(70-11)48(61)37(5)25-33)36(4)27-40-21-23-44(47(28-40)69-10)72-54(66)55(8,31-58)32-59/h12-14,17-18,26,33,36-42,44-47,49-50,58-59,62,67H,15-16,19-25,27-32H2,1-11H3/b14-12?,17-13?,34-18?,35-26+. The van der Waals surface area contributed by atoms with Crippen LogP contribution in [0.25, 0.3) is 0 Å². The number of carbonyl (C=O) groups is 6. The number of esters is 2. The molecule has 15 atom stereocenters. The molecule has 2 bridgehead atoms. The minimum absolute atomic E-state index is 0.00428. The number of fused-ring (bicyclic) bond motifs is 3. The minimum atomic E-state index is -2.47. The van der Waals surface area contributed by atoms with Gasteiger partial charge in [0, 0.05) is 58.5 Å². The number of piperidine rings is 1. The van der Waals surface area contributed by atoms with E-state index in [0.29, 0.717) is 64.2 Å². The van der Waals surface area contributed by atoms with E-state index in [2.05, 4.69) is 0 Å². The lowest BCUT2D eigenvalue weighted by Crippen LogP contribution is -2.61. The molecule has 1 saturated carbocycles. The van der Waals surface area contributed by atoms with Crippen LogP contribution < -0.4 is 0 Å². The maximum Gasteiger partial charge on any atom is 0.329 e. The number of hydrogen-bond donors (Lipinski definition) is 4. The van der Waals surface area contributed by atoms with E-state index in [9.17, 15) is 49.2 Å². The van der Waals surface area contributed by atoms with Crippen molar-refractivity contribution in [2.45, 2.75) is 187 Å². The molecule has 4 aliphatic rings. The average Bonchev–Trinajstić information content (AvgIpc) is 3.37. The topological polar surface area (TPSA) is 242 Å². The molecule has 1 aliphatic carbocycles. The fourth-order valence-corrected chi connectivity index (χ4v) is 10.7. The Labute approximate surface area is 433 Å². The van der Waals surface area contributed by atoms with Gasteiger partial charge in [0.1, 0.15) is 29.8 Å². The summed E-state index contributed by atoms with van der Waals surface area (Å²) in [6, 6.07) is -1.20. The van der Waals surface area contributed by atoms with Gasteiger partial charge in [-0.1, -0.05) is 71.1 Å². The number of Topliss-reactive ketones (excluding diaryl/α,β-unsaturated/α-hetero) is 3. The Morgan fingerprint density at radius 3 is 2.22 bits per heavy atom. The van der Waals surface area contributed by atoms with E-state index < -0.39 is 120 Å². The summed E-state index contributed by atoms with van der Waals surface area (Å²) in [6.07, 6.45) is 9.81. The van der Waals surface area contributed by atoms with Gasteiger partial charge in [-0.2, -0.15) is 0 Å². The number of amides is 1. The van der Waals surface area contributed by atoms with Crippen LogP contribution in [0.5, 0.6) is 0 Å². The third-order valence-electron chi connectivity index (χ3n) is 15.9. The van der Waals surface area contributed by atoms with Gasteiger partial charge in [0.05, 0.1) is 37.6 Å². The zero-order valence-corrected chi connectivity index (χ0v) is 45.3. The Kier molecular flexibility index (Phi) is 23.9. The van der Waals surface area contributed by atoms with Gasteiger partial charge in [0.25, 0.3) is 11.7 Å². The summed E-state index contributed by atoms with van der Waals surface area (Å²) < 4.78 is 35.4. The summed E-state index contributed by atoms with van der Waals surface area (Å²) in [5.74, 6) is -9.33. The molecule has 17 heteroatoms. The number of aliphatic hydroxyl groups excluding tert-OH is 3. The Morgan fingerprint density at radius 2 is 1.58 bits per heavy atom. The van der Waals surface area contributed by atoms with Crippen molar-refractivity contribution in [3.05, 3.63) is 47.6 Å². The maximum absolute atomic E-state index is 14.5. The average molecular weight is 1030 g/mol. The number of nitrogens with zero attached hydrogens (tertiary/aromatic N) is 1. The zero-order valence-electron chi connectivity index (χ0n) is 45.3. The summed E-state index contributed by atoms with van der Waals surface area (Å²) in [5, 5.41) is 43.1. The highest BCUT2D eigenvalue weighted by molar-refractivity contribution is 6.39. The summed E-state index contributed by atoms with van der Waals surface area (Å²) in [4.78, 5) is 85.4. The van der Waals surface area contributed by atoms with Crippen molar-refractivity contribution < 1.29 is 77.6 Å². The molecule has 3 heterocycles. The van der Waals surface area contributed by atoms with Crippen LogP contribution in [-0.2, 0) is 57.2 Å². The molecule has 0 spiro atoms. The second-order valence-corrected chi connectivity index (χ2v) is 21.9. The molecular weight excluding hydrogens is 943 g/mol. The zero-order chi connectivity index (χ0) is 54.4. The fraction of sp³-hybridized carbons (Fsp3) is 0.750. The molecule has 0 radical (unpaired) electrons. The molecular formula is C56H87NO16. The summed E-state index contributed by atoms with van der Waals surface area (Å²) in [5.41, 5.74) is -0.363. The van der Waals surface area contributed by atoms with Crippen LogP contribution in [0, 0.1) is 40.9 Å². The van der Waals surface area contributed by atoms with E-state index in [1.54, 1.807) is 40.9 Å². The van der Waals surface area contributed by atoms with Crippen LogP contribution in [0.4, 0.5) is 0 Å². The van der Waals surface area contributed by atoms with E-state index in [4.69, 9.17) is 28.4 Å². The van der Waals surface area contributed by atoms with E-state index in [1.165, 1.54) is 21.1 Å². The first-order valence-corrected chi connectivity index (χ1v) is 26.4. The molecule has 412 valence electrons. The quantitative estimate of drug-likeness (QED) is 0.151. The number of aliphatic hydroxyl groups is 4. The van der Waals surface area contributed by atoms with Gasteiger partial charge in [0.2, 0.25) is 5.79 Å². The van der Waals surface area contributed by atoms with E-state index >= 15 is 0 Å². The van der Waals surface area contributed by atoms with Gasteiger partial charge < -0.3 is 53.7 Å². The number of cyclic esters (lactones) is 1. The number of hydrogen-bond acceptors (Lipinski definition) is 16. The summed E-state index contributed by atoms with van der Waals surface area (Å²) in [7, 11) is 4.44. The predicted molar refractivity (Wildman–Crippen MR) is 271 cm³/mol. The highest BCUT2D eigenvalue weighted by Crippen LogP contribution is 2.38. The highest BCUT2D eigenvalue weighted by Gasteiger charge is 2.53. The molecule has 1 amide bonds. The van der Waals surface area contributed by atoms with Crippen LogP contribution in [0.15, 0.2) is 47.6 Å². The normalized spacial score (nSPS) is 35.8. The lowest BCUT2D eigenvalue weighted by atomic mass is 9.78. The van der Waals surface area contributed by atoms with Crippen LogP contribution in [-0.4, -0.2) is 156 Å². The van der Waals surface area contributed by atoms with Crippen molar-refractivity contribution in [2.75, 3.05) is 41.1 Å². The molecule has 15 unspecified atom stereocenters. The van der Waals surface area contributed by atoms with Crippen molar-refractivity contribution in [1.82, 2.24) is 4.90 Å². The van der Waals surface area contributed by atoms with Gasteiger partial charge in [-0.15, -0.1) is 0 Å². The SMILES string of the molecule is COC1CC2CCC(C)C(O)(O2)C(=O)C(=O)N2CCCCC2C(=O)OC(C(C)CC2CCC(OC(=O)C(C)(CO)CO)C(OC)C2)CC(=O)/C(C)=C/C(C)C(O)C(OC)C(=O)C(C)CC(C)C=CC=CC=C1C. The Bertz CT molecular complexity index is 2010. The number of ether oxygens (including phenoxy) is 6. The van der Waals surface area contributed by atoms with Crippen molar-refractivity contribution >= 4 is 35.2 Å². The van der Waals surface area contributed by atoms with E-state index in [0.717, 1.165) is 10.5 Å². The molecule has 0 aromatic carbocycles. The van der Waals surface area contributed by atoms with Gasteiger partial charge in [-0.3, -0.25) is 24.0 Å². The molecule has 3 aliphatic heterocycles. The monoisotopic (exact) mass is 1030 g/mol. The van der Waals surface area contributed by atoms with Crippen molar-refractivity contribution in [2.24, 2.45) is 40.9 Å². The van der Waals surface area contributed by atoms with Gasteiger partial charge in [0.15, 0.2) is 11.6 Å². The number of methoxy groups -OCH3 is 3. The lowest BCUT2D eigenvalue weighted by molar-refractivity contribution is -0.265. The second-order valence-electron chi connectivity index (χ2n) is 21.9. The third kappa shape index (κ3) is 16.0. The van der Waals surface area contributed by atoms with Crippen LogP contribution in [0.3, 0.4) is 0 Å². The number of carbonyl (C=O) groups excluding carboxylic acids is 6. The first-order chi connectivity index (χ1) is 34.5. The third-order valence-corrected chi connectivity index (χ3v) is 15.9. The first-order valence-electron chi connectivity index (χ1n) is 26.4. The maximum atomic E-state index is 14.5. The Balaban J connectivity index is 1.69. The Morgan fingerprint density at radius 1 is 0.877 bits per heavy atom. The molecule has 0 aromatic heterocycles. The van der Waals surface area contributed by atoms with Crippen LogP contribution >= 0.6 is 0 Å². The number of rotatable bonds is 10. The molecule has 73 heavy (non-hydrogen) atoms. The van der Waals surface area contributed by atoms with Crippen molar-refractivity contribution in [3.8, 4) is 0 Å². The Hall–Kier alpha value is -3.94. The van der Waals surface area contributed by atoms with Crippen molar-refractivity contribution in [3.63, 3.8) is 0 Å². The highest BCUT2D eigenvalue weighted by atomic mass is 16.6. The lowest BCUT2D eigenvalue weighted by Gasteiger charge is -2.42. The largest absolute Gasteiger partial charge is 0.460 e. The van der Waals surface area contributed by atoms with E-state index in [1.807, 2.05) is 51.2 Å². The minimum Gasteiger partial charge on any atom is -0.460 e. The molecule has 3 fully saturated rings. The fourth-order valence-electron chi connectivity index (χ4n) is 10.7. The summed E-state index contributed by atoms with van der Waals surface area (Å²) >= 11 is 0.